The summed E-state index contributed by atoms with van der Waals surface area (Å²) in [5, 5.41) is 1.66. The fraction of sp³-hybridized carbons (Fsp3) is 0.412. The maximum absolute atomic E-state index is 15.5. The number of unbranched alkanes of at least 4 members (excludes halogenated alkanes) is 3. The zero-order chi connectivity index (χ0) is 24.5. The van der Waals surface area contributed by atoms with Gasteiger partial charge in [0.1, 0.15) is 5.82 Å². The lowest BCUT2D eigenvalue weighted by molar-refractivity contribution is 0.299. The Morgan fingerprint density at radius 1 is 0.886 bits per heavy atom. The Bertz CT molecular complexity index is 1170. The largest absolute Gasteiger partial charge is 0.206 e. The van der Waals surface area contributed by atoms with E-state index >= 15 is 4.39 Å². The van der Waals surface area contributed by atoms with E-state index in [1.54, 1.807) is 0 Å². The summed E-state index contributed by atoms with van der Waals surface area (Å²) >= 11 is 0. The van der Waals surface area contributed by atoms with Gasteiger partial charge in [0.25, 0.3) is 0 Å². The van der Waals surface area contributed by atoms with E-state index in [2.05, 4.69) is 55.7 Å². The van der Waals surface area contributed by atoms with Gasteiger partial charge in [-0.25, -0.2) is 4.39 Å². The maximum atomic E-state index is 15.5. The summed E-state index contributed by atoms with van der Waals surface area (Å²) in [5.41, 5.74) is 4.13. The molecule has 0 atom stereocenters. The van der Waals surface area contributed by atoms with E-state index in [4.69, 9.17) is 0 Å². The van der Waals surface area contributed by atoms with Crippen LogP contribution in [0.25, 0.3) is 10.8 Å². The van der Waals surface area contributed by atoms with Crippen LogP contribution in [-0.2, 0) is 6.42 Å². The van der Waals surface area contributed by atoms with E-state index in [9.17, 15) is 0 Å². The van der Waals surface area contributed by atoms with Crippen LogP contribution in [0.1, 0.15) is 99.3 Å². The van der Waals surface area contributed by atoms with E-state index in [0.717, 1.165) is 59.1 Å². The third-order valence-electron chi connectivity index (χ3n) is 7.68. The molecule has 1 heteroatoms. The van der Waals surface area contributed by atoms with Crippen LogP contribution in [0.2, 0.25) is 0 Å². The summed E-state index contributed by atoms with van der Waals surface area (Å²) in [6.45, 7) is 6.05. The van der Waals surface area contributed by atoms with Crippen molar-refractivity contribution in [2.75, 3.05) is 0 Å². The second-order valence-corrected chi connectivity index (χ2v) is 10.2. The standard InChI is InChI=1S/C34H39F/c1-3-5-7-8-10-27-17-20-30(21-18-27)32-24-22-31-25-29(19-23-33(31)34(32)35)16-15-28-13-11-26(12-14-28)9-6-4-2/h4,11-14,19,22-25,27,30H,2-3,5-10,17-18,20-21H2,1H3. The van der Waals surface area contributed by atoms with Crippen LogP contribution in [-0.4, -0.2) is 0 Å². The molecule has 1 fully saturated rings. The molecule has 0 spiro atoms. The normalized spacial score (nSPS) is 17.7. The number of fused-ring (bicyclic) bond motifs is 1. The minimum absolute atomic E-state index is 0.0245. The molecule has 0 unspecified atom stereocenters. The van der Waals surface area contributed by atoms with Crippen molar-refractivity contribution in [3.05, 3.63) is 95.3 Å². The molecule has 1 aliphatic carbocycles. The highest BCUT2D eigenvalue weighted by Crippen LogP contribution is 2.40. The molecule has 0 aliphatic heterocycles. The number of hydrogen-bond donors (Lipinski definition) is 0. The van der Waals surface area contributed by atoms with Crippen molar-refractivity contribution >= 4 is 10.8 Å². The van der Waals surface area contributed by atoms with Crippen molar-refractivity contribution < 1.29 is 4.39 Å². The molecule has 4 rings (SSSR count). The van der Waals surface area contributed by atoms with Crippen LogP contribution >= 0.6 is 0 Å². The Morgan fingerprint density at radius 2 is 1.63 bits per heavy atom. The Labute approximate surface area is 211 Å². The van der Waals surface area contributed by atoms with Gasteiger partial charge in [0.15, 0.2) is 0 Å². The Morgan fingerprint density at radius 3 is 2.37 bits per heavy atom. The maximum Gasteiger partial charge on any atom is 0.134 e. The first kappa shape index (κ1) is 25.2. The highest BCUT2D eigenvalue weighted by molar-refractivity contribution is 5.85. The summed E-state index contributed by atoms with van der Waals surface area (Å²) in [5.74, 6) is 7.68. The van der Waals surface area contributed by atoms with Gasteiger partial charge in [-0.05, 0) is 91.1 Å². The highest BCUT2D eigenvalue weighted by atomic mass is 19.1. The Hall–Kier alpha value is -2.85. The number of halogens is 1. The lowest BCUT2D eigenvalue weighted by atomic mass is 9.76. The van der Waals surface area contributed by atoms with Crippen LogP contribution in [0, 0.1) is 23.6 Å². The predicted octanol–water partition coefficient (Wildman–Crippen LogP) is 9.74. The second-order valence-electron chi connectivity index (χ2n) is 10.2. The molecule has 182 valence electrons. The molecule has 0 radical (unpaired) electrons. The second kappa shape index (κ2) is 12.7. The Kier molecular flexibility index (Phi) is 9.19. The van der Waals surface area contributed by atoms with Crippen LogP contribution in [0.3, 0.4) is 0 Å². The van der Waals surface area contributed by atoms with Gasteiger partial charge in [0.05, 0.1) is 0 Å². The molecule has 1 saturated carbocycles. The third kappa shape index (κ3) is 6.85. The zero-order valence-electron chi connectivity index (χ0n) is 21.3. The number of benzene rings is 3. The summed E-state index contributed by atoms with van der Waals surface area (Å²) in [4.78, 5) is 0. The van der Waals surface area contributed by atoms with Gasteiger partial charge in [0, 0.05) is 16.5 Å². The number of rotatable bonds is 9. The fourth-order valence-corrected chi connectivity index (χ4v) is 5.49. The molecule has 0 saturated heterocycles. The molecular formula is C34H39F. The highest BCUT2D eigenvalue weighted by Gasteiger charge is 2.24. The van der Waals surface area contributed by atoms with E-state index in [-0.39, 0.29) is 5.82 Å². The van der Waals surface area contributed by atoms with Gasteiger partial charge in [0.2, 0.25) is 0 Å². The average Bonchev–Trinajstić information content (AvgIpc) is 2.90. The summed E-state index contributed by atoms with van der Waals surface area (Å²) in [6, 6.07) is 18.4. The SMILES string of the molecule is C=CCCc1ccc(C#Cc2ccc3c(F)c(C4CCC(CCCCCC)CC4)ccc3c2)cc1. The summed E-state index contributed by atoms with van der Waals surface area (Å²) < 4.78 is 15.5. The molecule has 3 aromatic rings. The quantitative estimate of drug-likeness (QED) is 0.167. The van der Waals surface area contributed by atoms with Crippen LogP contribution in [0.4, 0.5) is 4.39 Å². The van der Waals surface area contributed by atoms with Gasteiger partial charge in [-0.15, -0.1) is 6.58 Å². The molecule has 1 aliphatic rings. The molecule has 0 bridgehead atoms. The Balaban J connectivity index is 1.40. The van der Waals surface area contributed by atoms with Crippen LogP contribution in [0.15, 0.2) is 67.3 Å². The lowest BCUT2D eigenvalue weighted by Crippen LogP contribution is -2.14. The lowest BCUT2D eigenvalue weighted by Gasteiger charge is -2.29. The van der Waals surface area contributed by atoms with Crippen molar-refractivity contribution in [2.45, 2.75) is 83.5 Å². The van der Waals surface area contributed by atoms with E-state index < -0.39 is 0 Å². The third-order valence-corrected chi connectivity index (χ3v) is 7.68. The fourth-order valence-electron chi connectivity index (χ4n) is 5.49. The van der Waals surface area contributed by atoms with Crippen LogP contribution in [0.5, 0.6) is 0 Å². The first-order valence-corrected chi connectivity index (χ1v) is 13.6. The molecule has 35 heavy (non-hydrogen) atoms. The molecule has 0 heterocycles. The van der Waals surface area contributed by atoms with Crippen molar-refractivity contribution in [2.24, 2.45) is 5.92 Å². The van der Waals surface area contributed by atoms with Crippen molar-refractivity contribution in [1.82, 2.24) is 0 Å². The molecule has 0 nitrogen and oxygen atoms in total. The molecular weight excluding hydrogens is 427 g/mol. The first-order chi connectivity index (χ1) is 17.2. The smallest absolute Gasteiger partial charge is 0.134 e. The minimum atomic E-state index is -0.0245. The zero-order valence-corrected chi connectivity index (χ0v) is 21.3. The molecule has 3 aromatic carbocycles. The topological polar surface area (TPSA) is 0 Å². The summed E-state index contributed by atoms with van der Waals surface area (Å²) in [7, 11) is 0. The van der Waals surface area contributed by atoms with Gasteiger partial charge < -0.3 is 0 Å². The van der Waals surface area contributed by atoms with Gasteiger partial charge >= 0.3 is 0 Å². The van der Waals surface area contributed by atoms with Gasteiger partial charge in [-0.1, -0.05) is 87.3 Å². The van der Waals surface area contributed by atoms with Crippen molar-refractivity contribution in [1.29, 1.82) is 0 Å². The number of aryl methyl sites for hydroxylation is 1. The van der Waals surface area contributed by atoms with Crippen LogP contribution < -0.4 is 0 Å². The summed E-state index contributed by atoms with van der Waals surface area (Å²) in [6.07, 6.45) is 15.4. The number of hydrogen-bond acceptors (Lipinski definition) is 0. The monoisotopic (exact) mass is 466 g/mol. The van der Waals surface area contributed by atoms with Gasteiger partial charge in [-0.2, -0.15) is 0 Å². The molecule has 0 amide bonds. The van der Waals surface area contributed by atoms with Crippen molar-refractivity contribution in [3.63, 3.8) is 0 Å². The minimum Gasteiger partial charge on any atom is -0.206 e. The van der Waals surface area contributed by atoms with Gasteiger partial charge in [-0.3, -0.25) is 0 Å². The van der Waals surface area contributed by atoms with E-state index in [0.29, 0.717) is 5.92 Å². The van der Waals surface area contributed by atoms with E-state index in [1.807, 2.05) is 30.3 Å². The molecule has 0 N–H and O–H groups in total. The number of allylic oxidation sites excluding steroid dienone is 1. The first-order valence-electron chi connectivity index (χ1n) is 13.6. The van der Waals surface area contributed by atoms with Crippen molar-refractivity contribution in [3.8, 4) is 11.8 Å². The average molecular weight is 467 g/mol. The van der Waals surface area contributed by atoms with E-state index in [1.165, 1.54) is 50.5 Å². The predicted molar refractivity (Wildman–Crippen MR) is 148 cm³/mol. The molecule has 0 aromatic heterocycles.